The highest BCUT2D eigenvalue weighted by molar-refractivity contribution is 5.75. The van der Waals surface area contributed by atoms with Crippen molar-refractivity contribution in [2.45, 2.75) is 51.0 Å². The lowest BCUT2D eigenvalue weighted by Gasteiger charge is -2.35. The zero-order chi connectivity index (χ0) is 19.3. The van der Waals surface area contributed by atoms with Crippen molar-refractivity contribution in [2.24, 2.45) is 5.92 Å². The molecule has 5 heteroatoms. The molecule has 0 unspecified atom stereocenters. The van der Waals surface area contributed by atoms with Crippen molar-refractivity contribution >= 4 is 11.6 Å². The zero-order valence-corrected chi connectivity index (χ0v) is 17.3. The highest BCUT2D eigenvalue weighted by atomic mass is 16.5. The molecule has 1 atom stereocenters. The molecular formula is C23H35N3O2. The first-order chi connectivity index (χ1) is 13.7. The fourth-order valence-electron chi connectivity index (χ4n) is 5.07. The number of morpholine rings is 1. The van der Waals surface area contributed by atoms with Crippen LogP contribution in [0, 0.1) is 5.92 Å². The monoisotopic (exact) mass is 385 g/mol. The first-order valence-corrected chi connectivity index (χ1v) is 11.1. The van der Waals surface area contributed by atoms with Gasteiger partial charge < -0.3 is 15.0 Å². The Labute approximate surface area is 169 Å². The summed E-state index contributed by atoms with van der Waals surface area (Å²) in [7, 11) is 2.16. The Kier molecular flexibility index (Phi) is 6.53. The predicted molar refractivity (Wildman–Crippen MR) is 113 cm³/mol. The molecule has 154 valence electrons. The Hall–Kier alpha value is -1.59. The summed E-state index contributed by atoms with van der Waals surface area (Å²) < 4.78 is 5.56. The summed E-state index contributed by atoms with van der Waals surface area (Å²) in [5, 5.41) is 3.25. The maximum absolute atomic E-state index is 12.5. The third-order valence-corrected chi connectivity index (χ3v) is 6.85. The van der Waals surface area contributed by atoms with Gasteiger partial charge in [-0.05, 0) is 36.0 Å². The van der Waals surface area contributed by atoms with E-state index < -0.39 is 0 Å². The summed E-state index contributed by atoms with van der Waals surface area (Å²) in [5.74, 6) is 0.987. The molecular weight excluding hydrogens is 350 g/mol. The summed E-state index contributed by atoms with van der Waals surface area (Å²) in [4.78, 5) is 17.3. The summed E-state index contributed by atoms with van der Waals surface area (Å²) in [6.07, 6.45) is 8.16. The van der Waals surface area contributed by atoms with E-state index in [-0.39, 0.29) is 11.9 Å². The van der Waals surface area contributed by atoms with Gasteiger partial charge >= 0.3 is 0 Å². The van der Waals surface area contributed by atoms with Gasteiger partial charge in [-0.1, -0.05) is 37.8 Å². The second-order valence-corrected chi connectivity index (χ2v) is 8.72. The lowest BCUT2D eigenvalue weighted by molar-refractivity contribution is -0.121. The molecule has 2 heterocycles. The predicted octanol–water partition coefficient (Wildman–Crippen LogP) is 3.14. The highest BCUT2D eigenvalue weighted by Gasteiger charge is 2.25. The van der Waals surface area contributed by atoms with Crippen molar-refractivity contribution in [3.8, 4) is 0 Å². The fraction of sp³-hybridized carbons (Fsp3) is 0.696. The molecule has 0 aromatic heterocycles. The highest BCUT2D eigenvalue weighted by Crippen LogP contribution is 2.31. The van der Waals surface area contributed by atoms with E-state index in [2.05, 4.69) is 40.4 Å². The minimum Gasteiger partial charge on any atom is -0.379 e. The first kappa shape index (κ1) is 19.7. The number of nitrogens with zero attached hydrogens (tertiary/aromatic N) is 2. The number of amides is 1. The number of fused-ring (bicyclic) bond motifs is 1. The fourth-order valence-corrected chi connectivity index (χ4v) is 5.07. The maximum atomic E-state index is 12.5. The molecule has 1 aromatic carbocycles. The van der Waals surface area contributed by atoms with E-state index in [9.17, 15) is 4.79 Å². The molecule has 1 aliphatic carbocycles. The van der Waals surface area contributed by atoms with Crippen LogP contribution >= 0.6 is 0 Å². The average molecular weight is 386 g/mol. The summed E-state index contributed by atoms with van der Waals surface area (Å²) in [6.45, 7) is 5.20. The number of anilines is 1. The molecule has 1 aromatic rings. The van der Waals surface area contributed by atoms with Crippen LogP contribution in [0.3, 0.4) is 0 Å². The number of carbonyl (C=O) groups excluding carboxylic acids is 1. The van der Waals surface area contributed by atoms with Crippen molar-refractivity contribution in [1.29, 1.82) is 0 Å². The molecule has 2 aliphatic heterocycles. The molecule has 5 nitrogen and oxygen atoms in total. The van der Waals surface area contributed by atoms with Crippen molar-refractivity contribution in [1.82, 2.24) is 10.2 Å². The third kappa shape index (κ3) is 4.69. The van der Waals surface area contributed by atoms with Gasteiger partial charge in [-0.2, -0.15) is 0 Å². The van der Waals surface area contributed by atoms with Crippen LogP contribution in [0.1, 0.15) is 55.7 Å². The van der Waals surface area contributed by atoms with Crippen LogP contribution in [0.25, 0.3) is 0 Å². The lowest BCUT2D eigenvalue weighted by atomic mass is 9.99. The molecule has 0 bridgehead atoms. The van der Waals surface area contributed by atoms with Crippen molar-refractivity contribution in [3.63, 3.8) is 0 Å². The van der Waals surface area contributed by atoms with Crippen LogP contribution in [-0.4, -0.2) is 57.2 Å². The number of nitrogens with one attached hydrogen (secondary N) is 1. The van der Waals surface area contributed by atoms with Gasteiger partial charge in [-0.25, -0.2) is 0 Å². The van der Waals surface area contributed by atoms with Gasteiger partial charge in [0.1, 0.15) is 0 Å². The Morgan fingerprint density at radius 1 is 1.21 bits per heavy atom. The van der Waals surface area contributed by atoms with Crippen LogP contribution in [0.4, 0.5) is 5.69 Å². The van der Waals surface area contributed by atoms with Crippen LogP contribution in [0.5, 0.6) is 0 Å². The van der Waals surface area contributed by atoms with E-state index in [0.717, 1.165) is 51.6 Å². The van der Waals surface area contributed by atoms with Gasteiger partial charge in [0.15, 0.2) is 0 Å². The molecule has 1 saturated heterocycles. The Bertz CT molecular complexity index is 666. The topological polar surface area (TPSA) is 44.8 Å². The zero-order valence-electron chi connectivity index (χ0n) is 17.3. The average Bonchev–Trinajstić information content (AvgIpc) is 3.37. The third-order valence-electron chi connectivity index (χ3n) is 6.85. The van der Waals surface area contributed by atoms with E-state index in [0.29, 0.717) is 13.0 Å². The standard InChI is InChI=1S/C23H35N3O2/c1-25-11-10-20-16-19(7-8-21(20)25)22(26-12-14-28-15-13-26)17-24-23(27)9-6-18-4-2-3-5-18/h7-8,16,18,22H,2-6,9-15,17H2,1H3,(H,24,27)/t22-/m0/s1. The normalized spacial score (nSPS) is 21.7. The largest absolute Gasteiger partial charge is 0.379 e. The number of likely N-dealkylation sites (N-methyl/N-ethyl adjacent to an activating group) is 1. The van der Waals surface area contributed by atoms with Gasteiger partial charge in [0.05, 0.1) is 19.3 Å². The number of hydrogen-bond donors (Lipinski definition) is 1. The summed E-state index contributed by atoms with van der Waals surface area (Å²) in [6, 6.07) is 7.11. The number of ether oxygens (including phenoxy) is 1. The van der Waals surface area contributed by atoms with E-state index in [1.54, 1.807) is 0 Å². The van der Waals surface area contributed by atoms with Crippen molar-refractivity contribution in [3.05, 3.63) is 29.3 Å². The van der Waals surface area contributed by atoms with Gasteiger partial charge in [0, 0.05) is 45.3 Å². The number of rotatable bonds is 7. The molecule has 1 saturated carbocycles. The summed E-state index contributed by atoms with van der Waals surface area (Å²) >= 11 is 0. The molecule has 0 radical (unpaired) electrons. The van der Waals surface area contributed by atoms with Crippen LogP contribution < -0.4 is 10.2 Å². The minimum absolute atomic E-state index is 0.214. The second-order valence-electron chi connectivity index (χ2n) is 8.72. The van der Waals surface area contributed by atoms with E-state index >= 15 is 0 Å². The number of benzene rings is 1. The lowest BCUT2D eigenvalue weighted by Crippen LogP contribution is -2.43. The number of hydrogen-bond acceptors (Lipinski definition) is 4. The van der Waals surface area contributed by atoms with Gasteiger partial charge in [-0.3, -0.25) is 9.69 Å². The summed E-state index contributed by atoms with van der Waals surface area (Å²) in [5.41, 5.74) is 4.11. The minimum atomic E-state index is 0.214. The van der Waals surface area contributed by atoms with Crippen molar-refractivity contribution in [2.75, 3.05) is 51.3 Å². The van der Waals surface area contributed by atoms with E-state index in [4.69, 9.17) is 4.74 Å². The van der Waals surface area contributed by atoms with Crippen molar-refractivity contribution < 1.29 is 9.53 Å². The van der Waals surface area contributed by atoms with Gasteiger partial charge in [-0.15, -0.1) is 0 Å². The molecule has 1 N–H and O–H groups in total. The quantitative estimate of drug-likeness (QED) is 0.783. The van der Waals surface area contributed by atoms with E-state index in [1.165, 1.54) is 42.5 Å². The Balaban J connectivity index is 1.39. The smallest absolute Gasteiger partial charge is 0.220 e. The SMILES string of the molecule is CN1CCc2cc([C@H](CNC(=O)CCC3CCCC3)N3CCOCC3)ccc21. The van der Waals surface area contributed by atoms with Crippen LogP contribution in [-0.2, 0) is 16.0 Å². The Morgan fingerprint density at radius 2 is 2.00 bits per heavy atom. The molecule has 4 rings (SSSR count). The maximum Gasteiger partial charge on any atom is 0.220 e. The van der Waals surface area contributed by atoms with E-state index in [1.807, 2.05) is 0 Å². The van der Waals surface area contributed by atoms with Gasteiger partial charge in [0.2, 0.25) is 5.91 Å². The molecule has 3 aliphatic rings. The molecule has 0 spiro atoms. The van der Waals surface area contributed by atoms with Crippen LogP contribution in [0.15, 0.2) is 18.2 Å². The first-order valence-electron chi connectivity index (χ1n) is 11.1. The molecule has 2 fully saturated rings. The van der Waals surface area contributed by atoms with Gasteiger partial charge in [0.25, 0.3) is 0 Å². The van der Waals surface area contributed by atoms with Crippen LogP contribution in [0.2, 0.25) is 0 Å². The Morgan fingerprint density at radius 3 is 2.79 bits per heavy atom. The number of carbonyl (C=O) groups is 1. The molecule has 28 heavy (non-hydrogen) atoms. The molecule has 1 amide bonds. The second kappa shape index (κ2) is 9.27.